The minimum Gasteiger partial charge on any atom is -0.497 e. The van der Waals surface area contributed by atoms with E-state index < -0.39 is 0 Å². The Morgan fingerprint density at radius 3 is 2.96 bits per heavy atom. The van der Waals surface area contributed by atoms with Gasteiger partial charge in [0.1, 0.15) is 5.75 Å². The summed E-state index contributed by atoms with van der Waals surface area (Å²) in [6, 6.07) is 9.81. The molecule has 2 aromatic rings. The number of pyridine rings is 1. The largest absolute Gasteiger partial charge is 0.497 e. The van der Waals surface area contributed by atoms with Gasteiger partial charge in [-0.25, -0.2) is 0 Å². The highest BCUT2D eigenvalue weighted by Crippen LogP contribution is 2.18. The lowest BCUT2D eigenvalue weighted by Gasteiger charge is -2.20. The van der Waals surface area contributed by atoms with Crippen molar-refractivity contribution in [3.8, 4) is 5.75 Å². The number of carbonyl (C=O) groups is 1. The fraction of sp³-hybridized carbons (Fsp3) is 0.400. The Morgan fingerprint density at radius 1 is 1.24 bits per heavy atom. The Bertz CT molecular complexity index is 732. The highest BCUT2D eigenvalue weighted by molar-refractivity contribution is 5.94. The number of hydrogen-bond donors (Lipinski definition) is 1. The summed E-state index contributed by atoms with van der Waals surface area (Å²) in [7, 11) is 1.65. The van der Waals surface area contributed by atoms with Crippen molar-refractivity contribution in [2.45, 2.75) is 31.8 Å². The number of aromatic nitrogens is 1. The lowest BCUT2D eigenvalue weighted by atomic mass is 10.0. The zero-order valence-corrected chi connectivity index (χ0v) is 14.5. The summed E-state index contributed by atoms with van der Waals surface area (Å²) < 4.78 is 5.26. The van der Waals surface area contributed by atoms with Crippen LogP contribution in [-0.4, -0.2) is 47.2 Å². The van der Waals surface area contributed by atoms with Gasteiger partial charge in [0.05, 0.1) is 18.8 Å². The van der Waals surface area contributed by atoms with Crippen LogP contribution in [0.2, 0.25) is 0 Å². The molecule has 5 nitrogen and oxygen atoms in total. The molecule has 25 heavy (non-hydrogen) atoms. The van der Waals surface area contributed by atoms with Gasteiger partial charge in [0.25, 0.3) is 5.91 Å². The number of ether oxygens (including phenoxy) is 1. The van der Waals surface area contributed by atoms with E-state index in [4.69, 9.17) is 4.74 Å². The Kier molecular flexibility index (Phi) is 5.66. The van der Waals surface area contributed by atoms with Gasteiger partial charge in [-0.1, -0.05) is 12.1 Å². The molecule has 1 amide bonds. The van der Waals surface area contributed by atoms with E-state index >= 15 is 0 Å². The molecule has 1 unspecified atom stereocenters. The monoisotopic (exact) mass is 340 g/mol. The van der Waals surface area contributed by atoms with E-state index in [2.05, 4.69) is 4.98 Å². The Labute approximate surface area is 148 Å². The third-order valence-corrected chi connectivity index (χ3v) is 4.57. The smallest absolute Gasteiger partial charge is 0.255 e. The molecular weight excluding hydrogens is 316 g/mol. The van der Waals surface area contributed by atoms with Crippen molar-refractivity contribution in [1.29, 1.82) is 0 Å². The molecule has 0 bridgehead atoms. The SMILES string of the molecule is COc1cccc(Cc2cncc(C(=O)N3CCCC(O)CC3)c2)c1. The summed E-state index contributed by atoms with van der Waals surface area (Å²) in [6.45, 7) is 1.29. The van der Waals surface area contributed by atoms with E-state index in [0.29, 0.717) is 31.5 Å². The number of hydrogen-bond acceptors (Lipinski definition) is 4. The van der Waals surface area contributed by atoms with Crippen LogP contribution < -0.4 is 4.74 Å². The zero-order chi connectivity index (χ0) is 17.6. The molecule has 0 spiro atoms. The molecule has 1 fully saturated rings. The standard InChI is InChI=1S/C20H24N2O3/c1-25-19-6-2-4-15(12-19)10-16-11-17(14-21-13-16)20(24)22-8-3-5-18(23)7-9-22/h2,4,6,11-14,18,23H,3,5,7-10H2,1H3. The maximum atomic E-state index is 12.7. The number of benzene rings is 1. The summed E-state index contributed by atoms with van der Waals surface area (Å²) in [6.07, 6.45) is 6.06. The van der Waals surface area contributed by atoms with Crippen LogP contribution in [0, 0.1) is 0 Å². The average Bonchev–Trinajstić information content (AvgIpc) is 2.86. The summed E-state index contributed by atoms with van der Waals surface area (Å²) in [5.74, 6) is 0.815. The van der Waals surface area contributed by atoms with Crippen molar-refractivity contribution in [3.05, 3.63) is 59.4 Å². The molecule has 0 aliphatic carbocycles. The number of aliphatic hydroxyl groups is 1. The first-order chi connectivity index (χ1) is 12.2. The molecule has 0 radical (unpaired) electrons. The Morgan fingerprint density at radius 2 is 2.12 bits per heavy atom. The van der Waals surface area contributed by atoms with Crippen LogP contribution in [0.15, 0.2) is 42.7 Å². The minimum atomic E-state index is -0.296. The third kappa shape index (κ3) is 4.57. The molecule has 3 rings (SSSR count). The van der Waals surface area contributed by atoms with Crippen LogP contribution in [0.5, 0.6) is 5.75 Å². The van der Waals surface area contributed by atoms with Crippen molar-refractivity contribution in [3.63, 3.8) is 0 Å². The molecule has 1 aromatic heterocycles. The molecule has 0 saturated carbocycles. The minimum absolute atomic E-state index is 0.00547. The van der Waals surface area contributed by atoms with Gasteiger partial charge in [-0.05, 0) is 55.0 Å². The lowest BCUT2D eigenvalue weighted by molar-refractivity contribution is 0.0752. The molecule has 1 aliphatic rings. The number of likely N-dealkylation sites (tertiary alicyclic amines) is 1. The maximum absolute atomic E-state index is 12.7. The van der Waals surface area contributed by atoms with Crippen LogP contribution in [0.25, 0.3) is 0 Å². The first-order valence-corrected chi connectivity index (χ1v) is 8.70. The van der Waals surface area contributed by atoms with Crippen LogP contribution >= 0.6 is 0 Å². The summed E-state index contributed by atoms with van der Waals surface area (Å²) in [4.78, 5) is 18.8. The Hall–Kier alpha value is -2.40. The van der Waals surface area contributed by atoms with Crippen LogP contribution in [0.1, 0.15) is 40.7 Å². The van der Waals surface area contributed by atoms with E-state index in [9.17, 15) is 9.90 Å². The topological polar surface area (TPSA) is 62.7 Å². The van der Waals surface area contributed by atoms with Crippen molar-refractivity contribution < 1.29 is 14.6 Å². The van der Waals surface area contributed by atoms with Gasteiger partial charge in [-0.15, -0.1) is 0 Å². The highest BCUT2D eigenvalue weighted by atomic mass is 16.5. The zero-order valence-electron chi connectivity index (χ0n) is 14.5. The van der Waals surface area contributed by atoms with E-state index in [-0.39, 0.29) is 12.0 Å². The molecule has 1 saturated heterocycles. The quantitative estimate of drug-likeness (QED) is 0.929. The normalized spacial score (nSPS) is 17.8. The average molecular weight is 340 g/mol. The van der Waals surface area contributed by atoms with Gasteiger partial charge >= 0.3 is 0 Å². The second-order valence-corrected chi connectivity index (χ2v) is 6.49. The fourth-order valence-electron chi connectivity index (χ4n) is 3.18. The van der Waals surface area contributed by atoms with Crippen molar-refractivity contribution >= 4 is 5.91 Å². The van der Waals surface area contributed by atoms with Crippen molar-refractivity contribution in [2.75, 3.05) is 20.2 Å². The Balaban J connectivity index is 1.73. The molecule has 1 aliphatic heterocycles. The first-order valence-electron chi connectivity index (χ1n) is 8.70. The third-order valence-electron chi connectivity index (χ3n) is 4.57. The van der Waals surface area contributed by atoms with Gasteiger partial charge in [0.15, 0.2) is 0 Å². The van der Waals surface area contributed by atoms with Crippen LogP contribution in [-0.2, 0) is 6.42 Å². The molecule has 2 heterocycles. The predicted octanol–water partition coefficient (Wildman–Crippen LogP) is 2.67. The molecule has 132 valence electrons. The number of methoxy groups -OCH3 is 1. The van der Waals surface area contributed by atoms with Gasteiger partial charge in [0.2, 0.25) is 0 Å². The van der Waals surface area contributed by atoms with Crippen LogP contribution in [0.3, 0.4) is 0 Å². The predicted molar refractivity (Wildman–Crippen MR) is 95.8 cm³/mol. The number of amides is 1. The summed E-state index contributed by atoms with van der Waals surface area (Å²) in [5, 5.41) is 9.75. The molecule has 5 heteroatoms. The van der Waals surface area contributed by atoms with E-state index in [0.717, 1.165) is 29.7 Å². The van der Waals surface area contributed by atoms with E-state index in [1.54, 1.807) is 19.5 Å². The van der Waals surface area contributed by atoms with Crippen molar-refractivity contribution in [1.82, 2.24) is 9.88 Å². The lowest BCUT2D eigenvalue weighted by Crippen LogP contribution is -2.32. The van der Waals surface area contributed by atoms with E-state index in [1.807, 2.05) is 35.2 Å². The summed E-state index contributed by atoms with van der Waals surface area (Å²) >= 11 is 0. The number of rotatable bonds is 4. The molecule has 1 aromatic carbocycles. The van der Waals surface area contributed by atoms with Crippen molar-refractivity contribution in [2.24, 2.45) is 0 Å². The van der Waals surface area contributed by atoms with Gasteiger partial charge in [-0.2, -0.15) is 0 Å². The van der Waals surface area contributed by atoms with E-state index in [1.165, 1.54) is 0 Å². The number of carbonyl (C=O) groups excluding carboxylic acids is 1. The maximum Gasteiger partial charge on any atom is 0.255 e. The molecule has 1 N–H and O–H groups in total. The second kappa shape index (κ2) is 8.12. The fourth-order valence-corrected chi connectivity index (χ4v) is 3.18. The second-order valence-electron chi connectivity index (χ2n) is 6.49. The van der Waals surface area contributed by atoms with Crippen LogP contribution in [0.4, 0.5) is 0 Å². The highest BCUT2D eigenvalue weighted by Gasteiger charge is 2.20. The number of aliphatic hydroxyl groups excluding tert-OH is 1. The summed E-state index contributed by atoms with van der Waals surface area (Å²) in [5.41, 5.74) is 2.72. The molecule has 1 atom stereocenters. The van der Waals surface area contributed by atoms with Gasteiger partial charge < -0.3 is 14.7 Å². The van der Waals surface area contributed by atoms with Gasteiger partial charge in [0, 0.05) is 25.5 Å². The van der Waals surface area contributed by atoms with Gasteiger partial charge in [-0.3, -0.25) is 9.78 Å². The molecular formula is C20H24N2O3. The number of nitrogens with zero attached hydrogens (tertiary/aromatic N) is 2. The first kappa shape index (κ1) is 17.4.